The summed E-state index contributed by atoms with van der Waals surface area (Å²) in [5.41, 5.74) is -0.541. The smallest absolute Gasteiger partial charge is 0.408 e. The minimum absolute atomic E-state index is 0.236. The second-order valence-electron chi connectivity index (χ2n) is 5.46. The zero-order valence-electron chi connectivity index (χ0n) is 10.1. The molecule has 0 spiro atoms. The molecule has 0 aromatic carbocycles. The number of carbonyl (C=O) groups is 1. The lowest BCUT2D eigenvalue weighted by molar-refractivity contribution is -0.0000222. The number of nitrogens with one attached hydrogen (secondary N) is 2. The van der Waals surface area contributed by atoms with Gasteiger partial charge in [0, 0.05) is 5.54 Å². The van der Waals surface area contributed by atoms with Gasteiger partial charge in [0.25, 0.3) is 0 Å². The summed E-state index contributed by atoms with van der Waals surface area (Å²) in [6.07, 6.45) is 1.45. The highest BCUT2D eigenvalue weighted by atomic mass is 16.6. The highest BCUT2D eigenvalue weighted by Crippen LogP contribution is 2.22. The number of piperidine rings is 1. The Hall–Kier alpha value is -0.770. The molecule has 0 atom stereocenters. The fourth-order valence-electron chi connectivity index (χ4n) is 1.61. The van der Waals surface area contributed by atoms with Gasteiger partial charge in [-0.3, -0.25) is 0 Å². The normalized spacial score (nSPS) is 20.8. The van der Waals surface area contributed by atoms with Crippen LogP contribution in [0.15, 0.2) is 0 Å². The van der Waals surface area contributed by atoms with Gasteiger partial charge in [-0.2, -0.15) is 0 Å². The number of rotatable bonds is 1. The van der Waals surface area contributed by atoms with Crippen LogP contribution in [-0.4, -0.2) is 30.3 Å². The van der Waals surface area contributed by atoms with Gasteiger partial charge in [-0.1, -0.05) is 0 Å². The summed E-state index contributed by atoms with van der Waals surface area (Å²) in [5.74, 6) is 0. The molecule has 0 aromatic heterocycles. The summed E-state index contributed by atoms with van der Waals surface area (Å²) in [5, 5.41) is 6.06. The maximum absolute atomic E-state index is 11.6. The van der Waals surface area contributed by atoms with Gasteiger partial charge < -0.3 is 15.4 Å². The minimum Gasteiger partial charge on any atom is -0.443 e. The van der Waals surface area contributed by atoms with Crippen LogP contribution < -0.4 is 10.6 Å². The molecule has 1 aliphatic heterocycles. The first-order valence-electron chi connectivity index (χ1n) is 5.53. The molecule has 0 unspecified atom stereocenters. The molecule has 0 bridgehead atoms. The number of amides is 1. The number of ether oxygens (including phenoxy) is 1. The van der Waals surface area contributed by atoms with Crippen LogP contribution in [0, 0.1) is 0 Å². The molecule has 15 heavy (non-hydrogen) atoms. The molecule has 1 fully saturated rings. The van der Waals surface area contributed by atoms with Crippen molar-refractivity contribution in [1.29, 1.82) is 0 Å². The summed E-state index contributed by atoms with van der Waals surface area (Å²) < 4.78 is 5.46. The average molecular weight is 214 g/mol. The molecule has 0 saturated carbocycles. The molecule has 1 saturated heterocycles. The summed E-state index contributed by atoms with van der Waals surface area (Å²) >= 11 is 0. The third-order valence-electron chi connectivity index (χ3n) is 2.48. The van der Waals surface area contributed by atoms with E-state index < -0.39 is 0 Å². The third kappa shape index (κ3) is 4.51. The van der Waals surface area contributed by atoms with Crippen molar-refractivity contribution in [3.8, 4) is 0 Å². The number of carbonyl (C=O) groups excluding carboxylic acids is 1. The Morgan fingerprint density at radius 1 is 1.33 bits per heavy atom. The monoisotopic (exact) mass is 214 g/mol. The molecule has 1 amide bonds. The lowest BCUT2D eigenvalue weighted by atomic mass is 9.95. The lowest BCUT2D eigenvalue weighted by Crippen LogP contribution is -2.48. The molecule has 4 heteroatoms. The van der Waals surface area contributed by atoms with Crippen LogP contribution in [0.3, 0.4) is 0 Å². The molecular weight excluding hydrogens is 192 g/mol. The first kappa shape index (κ1) is 12.3. The standard InChI is InChI=1S/C11H22N2O2/c1-10(2,3)13-9(14)15-11(4)5-7-12-8-6-11/h12H,5-8H2,1-4H3,(H,13,14). The van der Waals surface area contributed by atoms with Gasteiger partial charge >= 0.3 is 6.09 Å². The van der Waals surface area contributed by atoms with Crippen LogP contribution in [0.25, 0.3) is 0 Å². The Kier molecular flexibility index (Phi) is 3.60. The SMILES string of the molecule is CC(C)(C)NC(=O)OC1(C)CCNCC1. The zero-order chi connectivity index (χ0) is 11.5. The van der Waals surface area contributed by atoms with E-state index in [4.69, 9.17) is 4.74 Å². The van der Waals surface area contributed by atoms with Crippen molar-refractivity contribution in [1.82, 2.24) is 10.6 Å². The quantitative estimate of drug-likeness (QED) is 0.698. The van der Waals surface area contributed by atoms with Crippen molar-refractivity contribution < 1.29 is 9.53 Å². The Morgan fingerprint density at radius 2 is 1.87 bits per heavy atom. The van der Waals surface area contributed by atoms with Crippen LogP contribution in [0.1, 0.15) is 40.5 Å². The van der Waals surface area contributed by atoms with Gasteiger partial charge in [0.2, 0.25) is 0 Å². The summed E-state index contributed by atoms with van der Waals surface area (Å²) in [6, 6.07) is 0. The number of hydrogen-bond donors (Lipinski definition) is 2. The van der Waals surface area contributed by atoms with Crippen LogP contribution in [0.5, 0.6) is 0 Å². The van der Waals surface area contributed by atoms with E-state index in [0.29, 0.717) is 0 Å². The van der Waals surface area contributed by atoms with Crippen molar-refractivity contribution in [2.45, 2.75) is 51.7 Å². The van der Waals surface area contributed by atoms with E-state index in [0.717, 1.165) is 25.9 Å². The molecule has 1 rings (SSSR count). The molecule has 1 heterocycles. The van der Waals surface area contributed by atoms with E-state index in [2.05, 4.69) is 10.6 Å². The van der Waals surface area contributed by atoms with E-state index in [1.165, 1.54) is 0 Å². The Bertz CT molecular complexity index is 227. The van der Waals surface area contributed by atoms with E-state index in [9.17, 15) is 4.79 Å². The molecule has 4 nitrogen and oxygen atoms in total. The van der Waals surface area contributed by atoms with Crippen LogP contribution in [-0.2, 0) is 4.74 Å². The van der Waals surface area contributed by atoms with Gasteiger partial charge in [0.15, 0.2) is 0 Å². The van der Waals surface area contributed by atoms with Gasteiger partial charge in [-0.05, 0) is 53.6 Å². The van der Waals surface area contributed by atoms with E-state index in [1.54, 1.807) is 0 Å². The fraction of sp³-hybridized carbons (Fsp3) is 0.909. The van der Waals surface area contributed by atoms with Crippen LogP contribution in [0.4, 0.5) is 4.79 Å². The maximum atomic E-state index is 11.6. The maximum Gasteiger partial charge on any atom is 0.408 e. The minimum atomic E-state index is -0.313. The highest BCUT2D eigenvalue weighted by Gasteiger charge is 2.31. The largest absolute Gasteiger partial charge is 0.443 e. The Balaban J connectivity index is 2.42. The van der Waals surface area contributed by atoms with Crippen LogP contribution >= 0.6 is 0 Å². The molecular formula is C11H22N2O2. The number of alkyl carbamates (subject to hydrolysis) is 1. The first-order valence-corrected chi connectivity index (χ1v) is 5.53. The van der Waals surface area contributed by atoms with E-state index in [-0.39, 0.29) is 17.2 Å². The molecule has 0 aliphatic carbocycles. The molecule has 0 aromatic rings. The second kappa shape index (κ2) is 4.39. The summed E-state index contributed by atoms with van der Waals surface area (Å²) in [7, 11) is 0. The van der Waals surface area contributed by atoms with Crippen molar-refractivity contribution >= 4 is 6.09 Å². The van der Waals surface area contributed by atoms with Crippen molar-refractivity contribution in [3.05, 3.63) is 0 Å². The summed E-state index contributed by atoms with van der Waals surface area (Å²) in [6.45, 7) is 9.66. The van der Waals surface area contributed by atoms with Crippen molar-refractivity contribution in [2.75, 3.05) is 13.1 Å². The van der Waals surface area contributed by atoms with Gasteiger partial charge in [-0.25, -0.2) is 4.79 Å². The van der Waals surface area contributed by atoms with Crippen LogP contribution in [0.2, 0.25) is 0 Å². The second-order valence-corrected chi connectivity index (χ2v) is 5.46. The van der Waals surface area contributed by atoms with E-state index in [1.807, 2.05) is 27.7 Å². The van der Waals surface area contributed by atoms with E-state index >= 15 is 0 Å². The third-order valence-corrected chi connectivity index (χ3v) is 2.48. The van der Waals surface area contributed by atoms with Crippen molar-refractivity contribution in [3.63, 3.8) is 0 Å². The average Bonchev–Trinajstić information content (AvgIpc) is 1.99. The van der Waals surface area contributed by atoms with Gasteiger partial charge in [0.1, 0.15) is 5.60 Å². The molecule has 2 N–H and O–H groups in total. The predicted molar refractivity (Wildman–Crippen MR) is 59.9 cm³/mol. The molecule has 88 valence electrons. The summed E-state index contributed by atoms with van der Waals surface area (Å²) in [4.78, 5) is 11.6. The topological polar surface area (TPSA) is 50.4 Å². The molecule has 1 aliphatic rings. The Labute approximate surface area is 91.8 Å². The lowest BCUT2D eigenvalue weighted by Gasteiger charge is -2.34. The van der Waals surface area contributed by atoms with Crippen molar-refractivity contribution in [2.24, 2.45) is 0 Å². The zero-order valence-corrected chi connectivity index (χ0v) is 10.1. The highest BCUT2D eigenvalue weighted by molar-refractivity contribution is 5.68. The number of hydrogen-bond acceptors (Lipinski definition) is 3. The predicted octanol–water partition coefficient (Wildman–Crippen LogP) is 1.65. The van der Waals surface area contributed by atoms with Gasteiger partial charge in [0.05, 0.1) is 0 Å². The first-order chi connectivity index (χ1) is 6.81. The fourth-order valence-corrected chi connectivity index (χ4v) is 1.61. The van der Waals surface area contributed by atoms with Gasteiger partial charge in [-0.15, -0.1) is 0 Å². The Morgan fingerprint density at radius 3 is 2.33 bits per heavy atom. The molecule has 0 radical (unpaired) electrons.